The zero-order valence-corrected chi connectivity index (χ0v) is 9.29. The van der Waals surface area contributed by atoms with Gasteiger partial charge in [0, 0.05) is 11.6 Å². The molecule has 2 N–H and O–H groups in total. The van der Waals surface area contributed by atoms with Crippen molar-refractivity contribution in [2.45, 2.75) is 25.8 Å². The lowest BCUT2D eigenvalue weighted by atomic mass is 9.87. The Bertz CT molecular complexity index is 394. The van der Waals surface area contributed by atoms with Gasteiger partial charge in [0.15, 0.2) is 0 Å². The number of rotatable bonds is 2. The number of fused-ring (bicyclic) bond motifs is 1. The second kappa shape index (κ2) is 4.07. The van der Waals surface area contributed by atoms with E-state index < -0.39 is 0 Å². The Balaban J connectivity index is 2.52. The highest BCUT2D eigenvalue weighted by atomic mass is 16.5. The molecular formula is C13H17NO. The van der Waals surface area contributed by atoms with Crippen molar-refractivity contribution in [2.75, 3.05) is 7.11 Å². The first-order valence-corrected chi connectivity index (χ1v) is 5.36. The smallest absolute Gasteiger partial charge is 0.122 e. The van der Waals surface area contributed by atoms with Crippen molar-refractivity contribution in [3.05, 3.63) is 35.4 Å². The van der Waals surface area contributed by atoms with E-state index in [2.05, 4.69) is 12.1 Å². The summed E-state index contributed by atoms with van der Waals surface area (Å²) in [6.45, 7) is 2.03. The van der Waals surface area contributed by atoms with Crippen LogP contribution in [0.4, 0.5) is 0 Å². The van der Waals surface area contributed by atoms with Crippen LogP contribution in [0.2, 0.25) is 0 Å². The van der Waals surface area contributed by atoms with E-state index in [9.17, 15) is 0 Å². The minimum atomic E-state index is 0.0937. The first kappa shape index (κ1) is 10.2. The molecule has 2 rings (SSSR count). The quantitative estimate of drug-likeness (QED) is 0.801. The van der Waals surface area contributed by atoms with Crippen molar-refractivity contribution >= 4 is 5.57 Å². The summed E-state index contributed by atoms with van der Waals surface area (Å²) < 4.78 is 5.37. The summed E-state index contributed by atoms with van der Waals surface area (Å²) in [6, 6.07) is 6.27. The minimum Gasteiger partial charge on any atom is -0.496 e. The minimum absolute atomic E-state index is 0.0937. The number of ether oxygens (including phenoxy) is 1. The molecule has 1 atom stereocenters. The Morgan fingerprint density at radius 1 is 1.40 bits per heavy atom. The highest BCUT2D eigenvalue weighted by Crippen LogP contribution is 2.33. The van der Waals surface area contributed by atoms with Gasteiger partial charge in [0.1, 0.15) is 5.75 Å². The van der Waals surface area contributed by atoms with Crippen molar-refractivity contribution in [1.82, 2.24) is 0 Å². The predicted molar refractivity (Wildman–Crippen MR) is 62.9 cm³/mol. The van der Waals surface area contributed by atoms with Crippen LogP contribution in [-0.2, 0) is 6.42 Å². The fraction of sp³-hybridized carbons (Fsp3) is 0.385. The molecule has 2 heteroatoms. The standard InChI is InChI=1S/C13H17NO/c1-9(14)10-5-3-7-12-11(10)6-4-8-13(12)15-2/h4-6,8-9H,3,7,14H2,1-2H3. The maximum absolute atomic E-state index is 5.96. The summed E-state index contributed by atoms with van der Waals surface area (Å²) in [6.07, 6.45) is 4.35. The van der Waals surface area contributed by atoms with Gasteiger partial charge in [-0.15, -0.1) is 0 Å². The van der Waals surface area contributed by atoms with Gasteiger partial charge < -0.3 is 10.5 Å². The molecule has 0 aromatic heterocycles. The van der Waals surface area contributed by atoms with E-state index in [4.69, 9.17) is 10.5 Å². The third-order valence-electron chi connectivity index (χ3n) is 2.91. The van der Waals surface area contributed by atoms with Crippen LogP contribution in [0.3, 0.4) is 0 Å². The second-order valence-corrected chi connectivity index (χ2v) is 3.97. The van der Waals surface area contributed by atoms with Gasteiger partial charge in [-0.1, -0.05) is 18.2 Å². The van der Waals surface area contributed by atoms with Crippen LogP contribution in [0.1, 0.15) is 24.5 Å². The molecule has 1 aliphatic rings. The molecule has 0 saturated heterocycles. The molecule has 0 heterocycles. The average molecular weight is 203 g/mol. The molecule has 1 aromatic carbocycles. The van der Waals surface area contributed by atoms with Crippen LogP contribution >= 0.6 is 0 Å². The summed E-state index contributed by atoms with van der Waals surface area (Å²) in [7, 11) is 1.72. The van der Waals surface area contributed by atoms with E-state index in [-0.39, 0.29) is 6.04 Å². The van der Waals surface area contributed by atoms with E-state index in [1.54, 1.807) is 7.11 Å². The molecule has 0 fully saturated rings. The summed E-state index contributed by atoms with van der Waals surface area (Å²) in [5.41, 5.74) is 9.77. The van der Waals surface area contributed by atoms with Gasteiger partial charge in [0.25, 0.3) is 0 Å². The number of methoxy groups -OCH3 is 1. The first-order chi connectivity index (χ1) is 7.24. The van der Waals surface area contributed by atoms with Crippen molar-refractivity contribution in [2.24, 2.45) is 5.73 Å². The largest absolute Gasteiger partial charge is 0.496 e. The highest BCUT2D eigenvalue weighted by Gasteiger charge is 2.17. The van der Waals surface area contributed by atoms with Crippen LogP contribution in [0.25, 0.3) is 5.57 Å². The molecule has 0 spiro atoms. The molecule has 0 bridgehead atoms. The Hall–Kier alpha value is -1.28. The van der Waals surface area contributed by atoms with Crippen LogP contribution in [0.15, 0.2) is 24.3 Å². The number of benzene rings is 1. The van der Waals surface area contributed by atoms with Gasteiger partial charge in [0.05, 0.1) is 7.11 Å². The number of hydrogen-bond donors (Lipinski definition) is 1. The normalized spacial score (nSPS) is 16.6. The van der Waals surface area contributed by atoms with Gasteiger partial charge in [0.2, 0.25) is 0 Å². The summed E-state index contributed by atoms with van der Waals surface area (Å²) in [5, 5.41) is 0. The summed E-state index contributed by atoms with van der Waals surface area (Å²) >= 11 is 0. The Labute approximate surface area is 90.7 Å². The summed E-state index contributed by atoms with van der Waals surface area (Å²) in [4.78, 5) is 0. The lowest BCUT2D eigenvalue weighted by Gasteiger charge is -2.22. The molecule has 2 nitrogen and oxygen atoms in total. The second-order valence-electron chi connectivity index (χ2n) is 3.97. The van der Waals surface area contributed by atoms with E-state index >= 15 is 0 Å². The lowest BCUT2D eigenvalue weighted by molar-refractivity contribution is 0.409. The summed E-state index contributed by atoms with van der Waals surface area (Å²) in [5.74, 6) is 0.985. The Morgan fingerprint density at radius 3 is 2.87 bits per heavy atom. The first-order valence-electron chi connectivity index (χ1n) is 5.36. The third kappa shape index (κ3) is 1.77. The number of allylic oxidation sites excluding steroid dienone is 1. The van der Waals surface area contributed by atoms with Gasteiger partial charge in [-0.05, 0) is 37.0 Å². The van der Waals surface area contributed by atoms with Gasteiger partial charge in [-0.3, -0.25) is 0 Å². The molecular weight excluding hydrogens is 186 g/mol. The molecule has 15 heavy (non-hydrogen) atoms. The van der Waals surface area contributed by atoms with Crippen LogP contribution < -0.4 is 10.5 Å². The molecule has 0 radical (unpaired) electrons. The topological polar surface area (TPSA) is 35.2 Å². The van der Waals surface area contributed by atoms with Crippen LogP contribution in [-0.4, -0.2) is 13.2 Å². The third-order valence-corrected chi connectivity index (χ3v) is 2.91. The fourth-order valence-electron chi connectivity index (χ4n) is 2.20. The van der Waals surface area contributed by atoms with Crippen LogP contribution in [0, 0.1) is 0 Å². The van der Waals surface area contributed by atoms with Crippen molar-refractivity contribution in [1.29, 1.82) is 0 Å². The molecule has 80 valence electrons. The van der Waals surface area contributed by atoms with E-state index in [0.717, 1.165) is 18.6 Å². The fourth-order valence-corrected chi connectivity index (χ4v) is 2.20. The number of nitrogens with two attached hydrogens (primary N) is 1. The van der Waals surface area contributed by atoms with Crippen LogP contribution in [0.5, 0.6) is 5.75 Å². The van der Waals surface area contributed by atoms with Gasteiger partial charge >= 0.3 is 0 Å². The molecule has 1 unspecified atom stereocenters. The molecule has 1 aromatic rings. The zero-order valence-electron chi connectivity index (χ0n) is 9.29. The van der Waals surface area contributed by atoms with E-state index in [1.165, 1.54) is 16.7 Å². The monoisotopic (exact) mass is 203 g/mol. The zero-order chi connectivity index (χ0) is 10.8. The van der Waals surface area contributed by atoms with Gasteiger partial charge in [-0.25, -0.2) is 0 Å². The predicted octanol–water partition coefficient (Wildman–Crippen LogP) is 2.37. The number of hydrogen-bond acceptors (Lipinski definition) is 2. The molecule has 0 saturated carbocycles. The van der Waals surface area contributed by atoms with Gasteiger partial charge in [-0.2, -0.15) is 0 Å². The molecule has 1 aliphatic carbocycles. The maximum Gasteiger partial charge on any atom is 0.122 e. The SMILES string of the molecule is COc1cccc2c1CCC=C2C(C)N. The Morgan fingerprint density at radius 2 is 2.20 bits per heavy atom. The van der Waals surface area contributed by atoms with Crippen molar-refractivity contribution in [3.63, 3.8) is 0 Å². The van der Waals surface area contributed by atoms with E-state index in [0.29, 0.717) is 0 Å². The molecule has 0 amide bonds. The van der Waals surface area contributed by atoms with E-state index in [1.807, 2.05) is 19.1 Å². The maximum atomic E-state index is 5.96. The molecule has 0 aliphatic heterocycles. The lowest BCUT2D eigenvalue weighted by Crippen LogP contribution is -2.19. The average Bonchev–Trinajstić information content (AvgIpc) is 2.27. The highest BCUT2D eigenvalue weighted by molar-refractivity contribution is 5.74. The van der Waals surface area contributed by atoms with Crippen molar-refractivity contribution in [3.8, 4) is 5.75 Å². The Kier molecular flexibility index (Phi) is 2.78. The van der Waals surface area contributed by atoms with Crippen molar-refractivity contribution < 1.29 is 4.74 Å².